The summed E-state index contributed by atoms with van der Waals surface area (Å²) in [5.41, 5.74) is 5.07. The smallest absolute Gasteiger partial charge is 0.239 e. The van der Waals surface area contributed by atoms with Gasteiger partial charge >= 0.3 is 0 Å². The summed E-state index contributed by atoms with van der Waals surface area (Å²) in [6.45, 7) is 1.95. The Kier molecular flexibility index (Phi) is 2.87. The molecule has 0 bridgehead atoms. The van der Waals surface area contributed by atoms with Gasteiger partial charge in [-0.15, -0.1) is 0 Å². The Hall–Kier alpha value is -1.10. The predicted octanol–water partition coefficient (Wildman–Crippen LogP) is -1.30. The van der Waals surface area contributed by atoms with Gasteiger partial charge in [0, 0.05) is 6.54 Å². The van der Waals surface area contributed by atoms with Gasteiger partial charge in [0.05, 0.1) is 12.5 Å². The van der Waals surface area contributed by atoms with Gasteiger partial charge in [-0.25, -0.2) is 0 Å². The Morgan fingerprint density at radius 3 is 2.85 bits per heavy atom. The van der Waals surface area contributed by atoms with Crippen LogP contribution in [0.3, 0.4) is 0 Å². The average molecular weight is 186 g/mol. The number of likely N-dealkylation sites (tertiary alicyclic amines) is 1. The molecule has 5 heteroatoms. The van der Waals surface area contributed by atoms with Crippen LogP contribution >= 0.6 is 0 Å². The maximum absolute atomic E-state index is 11.4. The van der Waals surface area contributed by atoms with Crippen molar-refractivity contribution in [3.05, 3.63) is 0 Å². The quantitative estimate of drug-likeness (QED) is 0.574. The number of carbonyl (C=O) groups is 2. The Labute approximate surface area is 76.5 Å². The van der Waals surface area contributed by atoms with Crippen molar-refractivity contribution in [3.63, 3.8) is 0 Å². The lowest BCUT2D eigenvalue weighted by molar-refractivity contribution is -0.138. The zero-order valence-electron chi connectivity index (χ0n) is 7.56. The first-order valence-corrected chi connectivity index (χ1v) is 4.28. The van der Waals surface area contributed by atoms with Crippen molar-refractivity contribution < 1.29 is 14.7 Å². The second kappa shape index (κ2) is 3.74. The monoisotopic (exact) mass is 186 g/mol. The Morgan fingerprint density at radius 2 is 2.46 bits per heavy atom. The molecule has 74 valence electrons. The molecule has 2 atom stereocenters. The number of nitrogens with two attached hydrogens (primary N) is 1. The summed E-state index contributed by atoms with van der Waals surface area (Å²) in [5, 5.41) is 8.81. The number of hydrogen-bond acceptors (Lipinski definition) is 3. The van der Waals surface area contributed by atoms with Crippen LogP contribution in [0.5, 0.6) is 0 Å². The number of hydrogen-bond donors (Lipinski definition) is 2. The van der Waals surface area contributed by atoms with Gasteiger partial charge in [0.2, 0.25) is 11.8 Å². The summed E-state index contributed by atoms with van der Waals surface area (Å²) < 4.78 is 0. The van der Waals surface area contributed by atoms with Crippen molar-refractivity contribution in [1.29, 1.82) is 0 Å². The molecule has 1 rings (SSSR count). The average Bonchev–Trinajstić information content (AvgIpc) is 2.45. The van der Waals surface area contributed by atoms with Gasteiger partial charge in [-0.2, -0.15) is 0 Å². The normalized spacial score (nSPS) is 24.9. The van der Waals surface area contributed by atoms with Crippen LogP contribution in [0, 0.1) is 5.92 Å². The first kappa shape index (κ1) is 9.98. The van der Waals surface area contributed by atoms with E-state index >= 15 is 0 Å². The van der Waals surface area contributed by atoms with Crippen molar-refractivity contribution in [2.45, 2.75) is 19.4 Å². The fourth-order valence-corrected chi connectivity index (χ4v) is 1.47. The fraction of sp³-hybridized carbons (Fsp3) is 0.750. The highest BCUT2D eigenvalue weighted by Gasteiger charge is 2.35. The van der Waals surface area contributed by atoms with E-state index in [0.717, 1.165) is 0 Å². The first-order valence-electron chi connectivity index (χ1n) is 4.28. The summed E-state index contributed by atoms with van der Waals surface area (Å²) >= 11 is 0. The van der Waals surface area contributed by atoms with Crippen molar-refractivity contribution >= 4 is 11.8 Å². The van der Waals surface area contributed by atoms with Crippen LogP contribution in [0.15, 0.2) is 0 Å². The minimum absolute atomic E-state index is 0.152. The minimum atomic E-state index is -0.566. The molecule has 1 aliphatic rings. The third-order valence-electron chi connectivity index (χ3n) is 2.45. The maximum atomic E-state index is 11.4. The van der Waals surface area contributed by atoms with Crippen LogP contribution in [0.25, 0.3) is 0 Å². The van der Waals surface area contributed by atoms with Crippen LogP contribution in [0.4, 0.5) is 0 Å². The van der Waals surface area contributed by atoms with Crippen molar-refractivity contribution in [3.8, 4) is 0 Å². The Balaban J connectivity index is 2.64. The summed E-state index contributed by atoms with van der Waals surface area (Å²) in [5.74, 6) is -1.03. The highest BCUT2D eigenvalue weighted by atomic mass is 16.3. The molecule has 0 aromatic heterocycles. The van der Waals surface area contributed by atoms with E-state index in [-0.39, 0.29) is 18.4 Å². The van der Waals surface area contributed by atoms with Crippen LogP contribution in [-0.2, 0) is 9.59 Å². The number of rotatable bonds is 3. The lowest BCUT2D eigenvalue weighted by Crippen LogP contribution is -2.44. The molecular formula is C8H14N2O3. The molecule has 1 fully saturated rings. The summed E-state index contributed by atoms with van der Waals surface area (Å²) in [6, 6.07) is -0.566. The molecule has 1 heterocycles. The highest BCUT2D eigenvalue weighted by Crippen LogP contribution is 2.19. The largest absolute Gasteiger partial charge is 0.396 e. The van der Waals surface area contributed by atoms with E-state index in [2.05, 4.69) is 0 Å². The van der Waals surface area contributed by atoms with Gasteiger partial charge in [-0.05, 0) is 13.3 Å². The van der Waals surface area contributed by atoms with Crippen LogP contribution in [-0.4, -0.2) is 41.0 Å². The molecule has 2 amide bonds. The van der Waals surface area contributed by atoms with E-state index in [4.69, 9.17) is 10.8 Å². The third-order valence-corrected chi connectivity index (χ3v) is 2.45. The second-order valence-electron chi connectivity index (χ2n) is 3.28. The minimum Gasteiger partial charge on any atom is -0.396 e. The molecule has 13 heavy (non-hydrogen) atoms. The van der Waals surface area contributed by atoms with E-state index in [1.165, 1.54) is 4.90 Å². The molecule has 1 aliphatic heterocycles. The van der Waals surface area contributed by atoms with E-state index in [1.54, 1.807) is 6.92 Å². The fourth-order valence-electron chi connectivity index (χ4n) is 1.47. The maximum Gasteiger partial charge on any atom is 0.239 e. The van der Waals surface area contributed by atoms with Crippen LogP contribution < -0.4 is 5.73 Å². The topological polar surface area (TPSA) is 83.6 Å². The third kappa shape index (κ3) is 1.80. The summed E-state index contributed by atoms with van der Waals surface area (Å²) in [4.78, 5) is 23.7. The number of aliphatic hydroxyl groups excluding tert-OH is 1. The van der Waals surface area contributed by atoms with Gasteiger partial charge in [0.15, 0.2) is 0 Å². The zero-order valence-corrected chi connectivity index (χ0v) is 7.56. The predicted molar refractivity (Wildman–Crippen MR) is 45.6 cm³/mol. The van der Waals surface area contributed by atoms with Gasteiger partial charge < -0.3 is 15.7 Å². The second-order valence-corrected chi connectivity index (χ2v) is 3.28. The number of aliphatic hydroxyl groups is 1. The van der Waals surface area contributed by atoms with Gasteiger partial charge in [-0.3, -0.25) is 9.59 Å². The molecule has 0 spiro atoms. The molecular weight excluding hydrogens is 172 g/mol. The summed E-state index contributed by atoms with van der Waals surface area (Å²) in [6.07, 6.45) is 0.604. The van der Waals surface area contributed by atoms with E-state index in [0.29, 0.717) is 13.0 Å². The standard InChI is InChI=1S/C8H14N2O3/c1-5(7(9)12)10-3-2-6(4-11)8(10)13/h5-6,11H,2-4H2,1H3,(H2,9,12). The molecule has 5 nitrogen and oxygen atoms in total. The number of amides is 2. The van der Waals surface area contributed by atoms with Gasteiger partial charge in [-0.1, -0.05) is 0 Å². The molecule has 0 aromatic rings. The van der Waals surface area contributed by atoms with Crippen LogP contribution in [0.1, 0.15) is 13.3 Å². The van der Waals surface area contributed by atoms with Crippen molar-refractivity contribution in [2.75, 3.05) is 13.2 Å². The molecule has 0 radical (unpaired) electrons. The summed E-state index contributed by atoms with van der Waals surface area (Å²) in [7, 11) is 0. The molecule has 0 aromatic carbocycles. The van der Waals surface area contributed by atoms with E-state index < -0.39 is 11.9 Å². The number of nitrogens with zero attached hydrogens (tertiary/aromatic N) is 1. The molecule has 1 saturated heterocycles. The van der Waals surface area contributed by atoms with Crippen LogP contribution in [0.2, 0.25) is 0 Å². The van der Waals surface area contributed by atoms with Gasteiger partial charge in [0.1, 0.15) is 6.04 Å². The van der Waals surface area contributed by atoms with Crippen molar-refractivity contribution in [2.24, 2.45) is 11.7 Å². The molecule has 2 unspecified atom stereocenters. The van der Waals surface area contributed by atoms with Crippen molar-refractivity contribution in [1.82, 2.24) is 4.90 Å². The molecule has 0 aliphatic carbocycles. The Morgan fingerprint density at radius 1 is 1.85 bits per heavy atom. The lowest BCUT2D eigenvalue weighted by atomic mass is 10.1. The highest BCUT2D eigenvalue weighted by molar-refractivity contribution is 5.88. The van der Waals surface area contributed by atoms with Gasteiger partial charge in [0.25, 0.3) is 0 Å². The zero-order chi connectivity index (χ0) is 10.0. The first-order chi connectivity index (χ1) is 6.07. The SMILES string of the molecule is CC(C(N)=O)N1CCC(CO)C1=O. The van der Waals surface area contributed by atoms with E-state index in [9.17, 15) is 9.59 Å². The Bertz CT molecular complexity index is 229. The molecule has 0 saturated carbocycles. The van der Waals surface area contributed by atoms with E-state index in [1.807, 2.05) is 0 Å². The molecule has 3 N–H and O–H groups in total. The number of primary amides is 1. The number of carbonyl (C=O) groups excluding carboxylic acids is 2. The lowest BCUT2D eigenvalue weighted by Gasteiger charge is -2.21.